The summed E-state index contributed by atoms with van der Waals surface area (Å²) >= 11 is 1.23. The molecular weight excluding hydrogens is 465 g/mol. The third-order valence-electron chi connectivity index (χ3n) is 5.65. The molecule has 0 fully saturated rings. The van der Waals surface area contributed by atoms with Crippen LogP contribution in [0.25, 0.3) is 10.9 Å². The number of thioether (sulfide) groups is 1. The minimum atomic E-state index is -0.330. The smallest absolute Gasteiger partial charge is 0.262 e. The fourth-order valence-corrected chi connectivity index (χ4v) is 4.66. The largest absolute Gasteiger partial charge is 0.497 e. The molecule has 0 unspecified atom stereocenters. The van der Waals surface area contributed by atoms with Crippen molar-refractivity contribution in [3.8, 4) is 5.75 Å². The van der Waals surface area contributed by atoms with Crippen molar-refractivity contribution in [2.24, 2.45) is 0 Å². The predicted octanol–water partition coefficient (Wildman–Crippen LogP) is 4.73. The molecule has 0 atom stereocenters. The molecule has 0 bridgehead atoms. The van der Waals surface area contributed by atoms with Crippen molar-refractivity contribution in [2.45, 2.75) is 25.2 Å². The Kier molecular flexibility index (Phi) is 7.82. The van der Waals surface area contributed by atoms with Crippen molar-refractivity contribution in [1.29, 1.82) is 0 Å². The molecule has 8 heteroatoms. The molecule has 0 aliphatic carbocycles. The number of hydrogen-bond donors (Lipinski definition) is 0. The number of fused-ring (bicyclic) bond motifs is 1. The molecule has 180 valence electrons. The molecule has 0 radical (unpaired) electrons. The molecule has 0 aliphatic heterocycles. The number of aromatic nitrogens is 2. The number of benzene rings is 3. The third-order valence-corrected chi connectivity index (χ3v) is 6.61. The fourth-order valence-electron chi connectivity index (χ4n) is 3.76. The molecule has 35 heavy (non-hydrogen) atoms. The lowest BCUT2D eigenvalue weighted by molar-refractivity contribution is -0.128. The second kappa shape index (κ2) is 11.2. The van der Waals surface area contributed by atoms with Crippen LogP contribution < -0.4 is 10.3 Å². The SMILES string of the molecule is CCN(Cc1cccc(F)c1)C(=O)CSc1nc2ccccc2c(=O)n1Cc1ccc(OC)cc1. The van der Waals surface area contributed by atoms with Crippen LogP contribution in [0.3, 0.4) is 0 Å². The minimum Gasteiger partial charge on any atom is -0.497 e. The number of methoxy groups -OCH3 is 1. The number of hydrogen-bond acceptors (Lipinski definition) is 5. The Labute approximate surface area is 207 Å². The van der Waals surface area contributed by atoms with Crippen molar-refractivity contribution < 1.29 is 13.9 Å². The lowest BCUT2D eigenvalue weighted by Gasteiger charge is -2.21. The second-order valence-corrected chi connectivity index (χ2v) is 8.92. The Morgan fingerprint density at radius 2 is 1.83 bits per heavy atom. The summed E-state index contributed by atoms with van der Waals surface area (Å²) in [6, 6.07) is 20.9. The minimum absolute atomic E-state index is 0.108. The van der Waals surface area contributed by atoms with Gasteiger partial charge in [-0.3, -0.25) is 14.2 Å². The van der Waals surface area contributed by atoms with E-state index in [2.05, 4.69) is 0 Å². The highest BCUT2D eigenvalue weighted by molar-refractivity contribution is 7.99. The van der Waals surface area contributed by atoms with E-state index in [-0.39, 0.29) is 23.0 Å². The van der Waals surface area contributed by atoms with Gasteiger partial charge in [-0.15, -0.1) is 0 Å². The van der Waals surface area contributed by atoms with Crippen LogP contribution in [-0.2, 0) is 17.9 Å². The number of ether oxygens (including phenoxy) is 1. The van der Waals surface area contributed by atoms with E-state index in [0.29, 0.717) is 35.7 Å². The van der Waals surface area contributed by atoms with Gasteiger partial charge >= 0.3 is 0 Å². The molecule has 1 aromatic heterocycles. The Morgan fingerprint density at radius 3 is 2.54 bits per heavy atom. The van der Waals surface area contributed by atoms with Gasteiger partial charge < -0.3 is 9.64 Å². The van der Waals surface area contributed by atoms with Crippen LogP contribution in [0.4, 0.5) is 4.39 Å². The Bertz CT molecular complexity index is 1390. The lowest BCUT2D eigenvalue weighted by Crippen LogP contribution is -2.32. The van der Waals surface area contributed by atoms with Gasteiger partial charge in [0.2, 0.25) is 5.91 Å². The van der Waals surface area contributed by atoms with Crippen LogP contribution in [0.15, 0.2) is 82.7 Å². The average molecular weight is 492 g/mol. The predicted molar refractivity (Wildman–Crippen MR) is 136 cm³/mol. The van der Waals surface area contributed by atoms with E-state index < -0.39 is 0 Å². The first-order chi connectivity index (χ1) is 17.0. The van der Waals surface area contributed by atoms with E-state index in [4.69, 9.17) is 9.72 Å². The summed E-state index contributed by atoms with van der Waals surface area (Å²) in [6.07, 6.45) is 0. The number of nitrogens with zero attached hydrogens (tertiary/aromatic N) is 3. The van der Waals surface area contributed by atoms with Gasteiger partial charge in [0.25, 0.3) is 5.56 Å². The summed E-state index contributed by atoms with van der Waals surface area (Å²) in [5.74, 6) is 0.399. The standard InChI is InChI=1S/C27H26FN3O3S/c1-3-30(16-20-7-6-8-21(28)15-20)25(32)18-35-27-29-24-10-5-4-9-23(24)26(33)31(27)17-19-11-13-22(34-2)14-12-19/h4-15H,3,16-18H2,1-2H3. The summed E-state index contributed by atoms with van der Waals surface area (Å²) < 4.78 is 20.4. The summed E-state index contributed by atoms with van der Waals surface area (Å²) in [6.45, 7) is 3.00. The Hall–Kier alpha value is -3.65. The molecule has 0 saturated carbocycles. The van der Waals surface area contributed by atoms with Crippen LogP contribution in [0.2, 0.25) is 0 Å². The van der Waals surface area contributed by atoms with E-state index in [0.717, 1.165) is 16.9 Å². The second-order valence-electron chi connectivity index (χ2n) is 7.98. The molecule has 4 aromatic rings. The van der Waals surface area contributed by atoms with Crippen LogP contribution in [0.1, 0.15) is 18.1 Å². The van der Waals surface area contributed by atoms with Crippen molar-refractivity contribution in [3.05, 3.63) is 100 Å². The molecule has 1 amide bonds. The number of carbonyl (C=O) groups excluding carboxylic acids is 1. The van der Waals surface area contributed by atoms with Gasteiger partial charge in [0.05, 0.1) is 30.3 Å². The zero-order valence-corrected chi connectivity index (χ0v) is 20.4. The normalized spacial score (nSPS) is 10.9. The lowest BCUT2D eigenvalue weighted by atomic mass is 10.2. The van der Waals surface area contributed by atoms with E-state index in [1.54, 1.807) is 40.8 Å². The maximum atomic E-state index is 13.6. The molecule has 1 heterocycles. The van der Waals surface area contributed by atoms with Crippen molar-refractivity contribution >= 4 is 28.6 Å². The highest BCUT2D eigenvalue weighted by atomic mass is 32.2. The molecule has 4 rings (SSSR count). The quantitative estimate of drug-likeness (QED) is 0.250. The topological polar surface area (TPSA) is 64.4 Å². The highest BCUT2D eigenvalue weighted by Crippen LogP contribution is 2.21. The number of rotatable bonds is 9. The first-order valence-corrected chi connectivity index (χ1v) is 12.2. The van der Waals surface area contributed by atoms with Gasteiger partial charge in [-0.2, -0.15) is 0 Å². The van der Waals surface area contributed by atoms with Gasteiger partial charge in [-0.1, -0.05) is 48.2 Å². The summed E-state index contributed by atoms with van der Waals surface area (Å²) in [5.41, 5.74) is 2.07. The van der Waals surface area contributed by atoms with E-state index in [9.17, 15) is 14.0 Å². The van der Waals surface area contributed by atoms with Gasteiger partial charge in [0.1, 0.15) is 11.6 Å². The molecular formula is C27H26FN3O3S. The molecule has 6 nitrogen and oxygen atoms in total. The van der Waals surface area contributed by atoms with Crippen molar-refractivity contribution in [1.82, 2.24) is 14.5 Å². The monoisotopic (exact) mass is 491 g/mol. The first-order valence-electron chi connectivity index (χ1n) is 11.3. The van der Waals surface area contributed by atoms with Crippen molar-refractivity contribution in [2.75, 3.05) is 19.4 Å². The molecule has 0 saturated heterocycles. The summed E-state index contributed by atoms with van der Waals surface area (Å²) in [4.78, 5) is 32.7. The first kappa shape index (κ1) is 24.5. The summed E-state index contributed by atoms with van der Waals surface area (Å²) in [7, 11) is 1.60. The zero-order chi connectivity index (χ0) is 24.8. The number of amides is 1. The highest BCUT2D eigenvalue weighted by Gasteiger charge is 2.17. The zero-order valence-electron chi connectivity index (χ0n) is 19.6. The van der Waals surface area contributed by atoms with Gasteiger partial charge in [-0.25, -0.2) is 9.37 Å². The van der Waals surface area contributed by atoms with Crippen LogP contribution in [0, 0.1) is 5.82 Å². The van der Waals surface area contributed by atoms with E-state index in [1.807, 2.05) is 43.3 Å². The Morgan fingerprint density at radius 1 is 1.06 bits per heavy atom. The number of halogens is 1. The molecule has 3 aromatic carbocycles. The molecule has 0 N–H and O–H groups in total. The maximum absolute atomic E-state index is 13.6. The van der Waals surface area contributed by atoms with Gasteiger partial charge in [0, 0.05) is 13.1 Å². The molecule has 0 spiro atoms. The number of para-hydroxylation sites is 1. The average Bonchev–Trinajstić information content (AvgIpc) is 2.88. The van der Waals surface area contributed by atoms with Gasteiger partial charge in [-0.05, 0) is 54.4 Å². The van der Waals surface area contributed by atoms with Crippen molar-refractivity contribution in [3.63, 3.8) is 0 Å². The van der Waals surface area contributed by atoms with Crippen LogP contribution in [-0.4, -0.2) is 39.8 Å². The van der Waals surface area contributed by atoms with E-state index in [1.165, 1.54) is 23.9 Å². The maximum Gasteiger partial charge on any atom is 0.262 e. The van der Waals surface area contributed by atoms with E-state index >= 15 is 0 Å². The fraction of sp³-hybridized carbons (Fsp3) is 0.222. The summed E-state index contributed by atoms with van der Waals surface area (Å²) in [5, 5.41) is 0.998. The van der Waals surface area contributed by atoms with Crippen LogP contribution in [0.5, 0.6) is 5.75 Å². The number of carbonyl (C=O) groups is 1. The van der Waals surface area contributed by atoms with Gasteiger partial charge in [0.15, 0.2) is 5.16 Å². The third kappa shape index (κ3) is 5.89. The molecule has 0 aliphatic rings. The van der Waals surface area contributed by atoms with Crippen LogP contribution >= 0.6 is 11.8 Å². The Balaban J connectivity index is 1.58.